The molecule has 1 fully saturated rings. The Labute approximate surface area is 291 Å². The van der Waals surface area contributed by atoms with E-state index in [2.05, 4.69) is 12.0 Å². The number of aryl methyl sites for hydroxylation is 1. The Balaban J connectivity index is 1.15. The van der Waals surface area contributed by atoms with E-state index in [0.29, 0.717) is 18.4 Å². The molecule has 2 unspecified atom stereocenters. The fourth-order valence-electron chi connectivity index (χ4n) is 7.19. The van der Waals surface area contributed by atoms with Gasteiger partial charge in [0.15, 0.2) is 0 Å². The summed E-state index contributed by atoms with van der Waals surface area (Å²) in [5.41, 5.74) is 1.95. The van der Waals surface area contributed by atoms with Crippen LogP contribution in [0.2, 0.25) is 0 Å². The van der Waals surface area contributed by atoms with E-state index in [9.17, 15) is 20.1 Å². The third kappa shape index (κ3) is 15.7. The Morgan fingerprint density at radius 1 is 0.708 bits per heavy atom. The molecule has 7 heteroatoms. The number of aliphatic hydroxyl groups is 3. The minimum absolute atomic E-state index is 0.111. The van der Waals surface area contributed by atoms with Gasteiger partial charge in [-0.05, 0) is 57.2 Å². The summed E-state index contributed by atoms with van der Waals surface area (Å²) in [6.45, 7) is 4.14. The molecule has 0 radical (unpaired) electrons. The second kappa shape index (κ2) is 24.2. The van der Waals surface area contributed by atoms with Crippen molar-refractivity contribution in [2.75, 3.05) is 0 Å². The second-order valence-corrected chi connectivity index (χ2v) is 14.5. The Hall–Kier alpha value is -2.06. The predicted molar refractivity (Wildman–Crippen MR) is 197 cm³/mol. The predicted octanol–water partition coefficient (Wildman–Crippen LogP) is 8.93. The number of hydrogen-bond donors (Lipinski definition) is 3. The monoisotopic (exact) mass is 669 g/mol. The van der Waals surface area contributed by atoms with Crippen molar-refractivity contribution in [3.63, 3.8) is 0 Å². The van der Waals surface area contributed by atoms with Crippen LogP contribution < -0.4 is 5.56 Å². The van der Waals surface area contributed by atoms with Crippen LogP contribution in [0.1, 0.15) is 166 Å². The molecule has 1 aliphatic heterocycles. The molecule has 5 atom stereocenters. The Kier molecular flexibility index (Phi) is 20.3. The maximum atomic E-state index is 13.0. The summed E-state index contributed by atoms with van der Waals surface area (Å²) in [4.78, 5) is 13.0. The molecule has 1 saturated heterocycles. The first-order chi connectivity index (χ1) is 23.4. The normalized spacial score (nSPS) is 18.3. The second-order valence-electron chi connectivity index (χ2n) is 14.5. The standard InChI is InChI=1S/C41H68N2O5/c1-3-4-5-6-7-8-9-13-16-22-27-37(45)39-29-30-40(48-39)38(46)28-23-17-14-11-10-12-15-21-26-36(44)32-34-31-33(2)42-43(41(34)47)35-24-19-18-20-25-35/h18-20,24-25,31,36-40,44-46H,3-17,21-23,26-30,32H2,1-2H3/t36-,37-,38-,39?,40?/m1/s1. The first-order valence-electron chi connectivity index (χ1n) is 19.7. The van der Waals surface area contributed by atoms with E-state index >= 15 is 0 Å². The van der Waals surface area contributed by atoms with Crippen LogP contribution in [0.5, 0.6) is 0 Å². The van der Waals surface area contributed by atoms with Crippen molar-refractivity contribution in [3.05, 3.63) is 58.0 Å². The number of rotatable bonds is 27. The van der Waals surface area contributed by atoms with E-state index in [4.69, 9.17) is 4.74 Å². The van der Waals surface area contributed by atoms with Crippen molar-refractivity contribution in [3.8, 4) is 5.69 Å². The fourth-order valence-corrected chi connectivity index (χ4v) is 7.19. The number of aliphatic hydroxyl groups excluding tert-OH is 3. The highest BCUT2D eigenvalue weighted by Crippen LogP contribution is 2.28. The van der Waals surface area contributed by atoms with Crippen molar-refractivity contribution in [1.82, 2.24) is 9.78 Å². The topological polar surface area (TPSA) is 105 Å². The summed E-state index contributed by atoms with van der Waals surface area (Å²) in [6.07, 6.45) is 24.7. The van der Waals surface area contributed by atoms with E-state index in [1.54, 1.807) is 6.07 Å². The molecule has 0 aliphatic carbocycles. The number of ether oxygens (including phenoxy) is 1. The van der Waals surface area contributed by atoms with E-state index in [1.807, 2.05) is 37.3 Å². The molecule has 0 saturated carbocycles. The lowest BCUT2D eigenvalue weighted by Gasteiger charge is -2.22. The van der Waals surface area contributed by atoms with E-state index < -0.39 is 18.3 Å². The number of hydrogen-bond acceptors (Lipinski definition) is 6. The number of benzene rings is 1. The molecular weight excluding hydrogens is 600 g/mol. The Morgan fingerprint density at radius 2 is 1.17 bits per heavy atom. The lowest BCUT2D eigenvalue weighted by atomic mass is 10.00. The van der Waals surface area contributed by atoms with Crippen LogP contribution in [0.3, 0.4) is 0 Å². The van der Waals surface area contributed by atoms with Gasteiger partial charge >= 0.3 is 0 Å². The van der Waals surface area contributed by atoms with Gasteiger partial charge in [-0.25, -0.2) is 0 Å². The van der Waals surface area contributed by atoms with E-state index in [0.717, 1.165) is 75.6 Å². The van der Waals surface area contributed by atoms with Gasteiger partial charge in [-0.2, -0.15) is 9.78 Å². The molecular formula is C41H68N2O5. The van der Waals surface area contributed by atoms with Crippen LogP contribution in [0.4, 0.5) is 0 Å². The number of para-hydroxylation sites is 1. The molecule has 48 heavy (non-hydrogen) atoms. The molecule has 1 aromatic carbocycles. The molecule has 1 aromatic heterocycles. The third-order valence-electron chi connectivity index (χ3n) is 10.1. The molecule has 0 spiro atoms. The Morgan fingerprint density at radius 3 is 1.67 bits per heavy atom. The summed E-state index contributed by atoms with van der Waals surface area (Å²) >= 11 is 0. The van der Waals surface area contributed by atoms with Gasteiger partial charge in [-0.1, -0.05) is 141 Å². The molecule has 0 bridgehead atoms. The highest BCUT2D eigenvalue weighted by Gasteiger charge is 2.34. The quantitative estimate of drug-likeness (QED) is 0.0822. The zero-order valence-corrected chi connectivity index (χ0v) is 30.4. The number of aromatic nitrogens is 2. The maximum absolute atomic E-state index is 13.0. The molecule has 1 aliphatic rings. The van der Waals surface area contributed by atoms with Crippen molar-refractivity contribution >= 4 is 0 Å². The maximum Gasteiger partial charge on any atom is 0.274 e. The highest BCUT2D eigenvalue weighted by molar-refractivity contribution is 5.31. The first-order valence-corrected chi connectivity index (χ1v) is 19.7. The summed E-state index contributed by atoms with van der Waals surface area (Å²) < 4.78 is 7.54. The van der Waals surface area contributed by atoms with Crippen LogP contribution in [0.15, 0.2) is 41.2 Å². The van der Waals surface area contributed by atoms with Gasteiger partial charge in [0.1, 0.15) is 0 Å². The van der Waals surface area contributed by atoms with Crippen LogP contribution in [0.25, 0.3) is 5.69 Å². The lowest BCUT2D eigenvalue weighted by Crippen LogP contribution is -2.31. The van der Waals surface area contributed by atoms with Crippen molar-refractivity contribution < 1.29 is 20.1 Å². The smallest absolute Gasteiger partial charge is 0.274 e. The van der Waals surface area contributed by atoms with Gasteiger partial charge in [0.2, 0.25) is 0 Å². The Bertz CT molecular complexity index is 1160. The highest BCUT2D eigenvalue weighted by atomic mass is 16.5. The third-order valence-corrected chi connectivity index (χ3v) is 10.1. The van der Waals surface area contributed by atoms with Gasteiger partial charge < -0.3 is 20.1 Å². The molecule has 3 rings (SSSR count). The molecule has 2 aromatic rings. The summed E-state index contributed by atoms with van der Waals surface area (Å²) in [7, 11) is 0. The number of unbranched alkanes of at least 4 members (excludes halogenated alkanes) is 16. The molecule has 7 nitrogen and oxygen atoms in total. The zero-order valence-electron chi connectivity index (χ0n) is 30.4. The zero-order chi connectivity index (χ0) is 34.4. The minimum atomic E-state index is -0.526. The van der Waals surface area contributed by atoms with E-state index in [1.165, 1.54) is 81.7 Å². The molecule has 3 N–H and O–H groups in total. The first kappa shape index (κ1) is 40.4. The van der Waals surface area contributed by atoms with Crippen molar-refractivity contribution in [2.45, 2.75) is 198 Å². The largest absolute Gasteiger partial charge is 0.393 e. The van der Waals surface area contributed by atoms with Crippen LogP contribution in [-0.4, -0.2) is 55.6 Å². The summed E-state index contributed by atoms with van der Waals surface area (Å²) in [5.74, 6) is 0. The molecule has 0 amide bonds. The fraction of sp³-hybridized carbons (Fsp3) is 0.756. The van der Waals surface area contributed by atoms with Crippen LogP contribution in [-0.2, 0) is 11.2 Å². The average molecular weight is 669 g/mol. The van der Waals surface area contributed by atoms with Gasteiger partial charge in [0, 0.05) is 12.0 Å². The van der Waals surface area contributed by atoms with Gasteiger partial charge in [-0.3, -0.25) is 4.79 Å². The van der Waals surface area contributed by atoms with Gasteiger partial charge in [0.05, 0.1) is 41.9 Å². The van der Waals surface area contributed by atoms with Crippen LogP contribution >= 0.6 is 0 Å². The molecule has 2 heterocycles. The lowest BCUT2D eigenvalue weighted by molar-refractivity contribution is -0.0786. The SMILES string of the molecule is CCCCCCCCCCCC[C@@H](O)C1CCC([C@H](O)CCCCCCCCCC[C@@H](O)Cc2cc(C)nn(-c3ccccc3)c2=O)O1. The molecule has 272 valence electrons. The minimum Gasteiger partial charge on any atom is -0.393 e. The van der Waals surface area contributed by atoms with Gasteiger partial charge in [-0.15, -0.1) is 0 Å². The summed E-state index contributed by atoms with van der Waals surface area (Å²) in [6, 6.07) is 11.2. The van der Waals surface area contributed by atoms with E-state index in [-0.39, 0.29) is 17.8 Å². The van der Waals surface area contributed by atoms with Gasteiger partial charge in [0.25, 0.3) is 5.56 Å². The van der Waals surface area contributed by atoms with Crippen molar-refractivity contribution in [1.29, 1.82) is 0 Å². The number of nitrogens with zero attached hydrogens (tertiary/aromatic N) is 2. The van der Waals surface area contributed by atoms with Crippen molar-refractivity contribution in [2.24, 2.45) is 0 Å². The van der Waals surface area contributed by atoms with Crippen LogP contribution in [0, 0.1) is 6.92 Å². The average Bonchev–Trinajstić information content (AvgIpc) is 3.59. The summed E-state index contributed by atoms with van der Waals surface area (Å²) in [5, 5.41) is 36.3.